The summed E-state index contributed by atoms with van der Waals surface area (Å²) in [5.41, 5.74) is 5.91. The molecule has 148 valence electrons. The van der Waals surface area contributed by atoms with Gasteiger partial charge in [-0.1, -0.05) is 6.07 Å². The number of hydrogen-bond donors (Lipinski definition) is 3. The Morgan fingerprint density at radius 3 is 2.66 bits per heavy atom. The summed E-state index contributed by atoms with van der Waals surface area (Å²) in [5.74, 6) is -1.79. The van der Waals surface area contributed by atoms with Crippen LogP contribution in [0.5, 0.6) is 11.5 Å². The third-order valence-corrected chi connectivity index (χ3v) is 6.18. The molecule has 29 heavy (non-hydrogen) atoms. The number of nitrogens with two attached hydrogens (primary N) is 1. The van der Waals surface area contributed by atoms with E-state index in [0.717, 1.165) is 18.2 Å². The van der Waals surface area contributed by atoms with Crippen LogP contribution in [0.25, 0.3) is 0 Å². The van der Waals surface area contributed by atoms with E-state index in [-0.39, 0.29) is 100 Å². The second-order valence-electron chi connectivity index (χ2n) is 6.74. The summed E-state index contributed by atoms with van der Waals surface area (Å²) in [6, 6.07) is 3.03. The minimum atomic E-state index is -3.38. The average molecular weight is 442 g/mol. The first-order valence-electron chi connectivity index (χ1n) is 8.57. The van der Waals surface area contributed by atoms with Crippen LogP contribution in [-0.2, 0) is 11.2 Å². The first-order valence-corrected chi connectivity index (χ1v) is 9.62. The second-order valence-corrected chi connectivity index (χ2v) is 7.97. The monoisotopic (exact) mass is 442 g/mol. The molecule has 0 aromatic heterocycles. The van der Waals surface area contributed by atoms with E-state index in [0.29, 0.717) is 18.7 Å². The standard InChI is InChI=1S/C16H22BN2O7S.2Na/c1-25-11-3-2-9-6-12(17(23,24)26-15(9)14(11)16(21)22)27-8-13(20)19-5-4-10(18)7-19;;/h2-3,10,12,23-24H,4-8,18H2,1H3,(H,21,22);;/q-1;2*+1/p-1/t10?,12-;;/m0../s1. The van der Waals surface area contributed by atoms with Crippen molar-refractivity contribution in [3.8, 4) is 11.5 Å². The molecule has 2 aliphatic rings. The predicted octanol–water partition coefficient (Wildman–Crippen LogP) is -7.87. The number of fused-ring (bicyclic) bond motifs is 1. The van der Waals surface area contributed by atoms with Crippen molar-refractivity contribution in [1.29, 1.82) is 0 Å². The molecule has 0 radical (unpaired) electrons. The van der Waals surface area contributed by atoms with E-state index in [1.54, 1.807) is 11.0 Å². The molecule has 1 aromatic carbocycles. The van der Waals surface area contributed by atoms with Gasteiger partial charge in [0.25, 0.3) is 0 Å². The molecule has 2 aliphatic heterocycles. The Bertz CT molecular complexity index is 771. The summed E-state index contributed by atoms with van der Waals surface area (Å²) in [6.45, 7) is -2.30. The maximum Gasteiger partial charge on any atom is 1.00 e. The second kappa shape index (κ2) is 11.1. The number of ether oxygens (including phenoxy) is 1. The predicted molar refractivity (Wildman–Crippen MR) is 97.3 cm³/mol. The molecule has 4 N–H and O–H groups in total. The van der Waals surface area contributed by atoms with Crippen molar-refractivity contribution >= 4 is 30.4 Å². The van der Waals surface area contributed by atoms with Gasteiger partial charge in [-0.3, -0.25) is 4.79 Å². The molecule has 0 spiro atoms. The number of methoxy groups -OCH3 is 1. The minimum absolute atomic E-state index is 0. The number of amides is 1. The SMILES string of the molecule is COc1ccc2c(c1C(=O)[O-])O[B-](O)(O)[C@@H](SCC(=O)N1CCC(N)C1)C2.[Na+].[Na+]. The zero-order chi connectivity index (χ0) is 19.8. The van der Waals surface area contributed by atoms with Gasteiger partial charge in [0.2, 0.25) is 5.91 Å². The molecule has 1 amide bonds. The molecule has 0 saturated carbocycles. The largest absolute Gasteiger partial charge is 1.00 e. The van der Waals surface area contributed by atoms with Crippen LogP contribution in [0.15, 0.2) is 12.1 Å². The summed E-state index contributed by atoms with van der Waals surface area (Å²) in [7, 11) is 1.29. The maximum atomic E-state index is 12.3. The van der Waals surface area contributed by atoms with E-state index in [9.17, 15) is 24.7 Å². The van der Waals surface area contributed by atoms with E-state index < -0.39 is 17.9 Å². The Morgan fingerprint density at radius 2 is 2.10 bits per heavy atom. The van der Waals surface area contributed by atoms with Crippen LogP contribution in [0.1, 0.15) is 22.3 Å². The van der Waals surface area contributed by atoms with Crippen LogP contribution >= 0.6 is 11.8 Å². The van der Waals surface area contributed by atoms with Crippen LogP contribution in [0, 0.1) is 0 Å². The van der Waals surface area contributed by atoms with Crippen molar-refractivity contribution < 1.29 is 93.2 Å². The van der Waals surface area contributed by atoms with Crippen molar-refractivity contribution in [3.05, 3.63) is 23.3 Å². The Kier molecular flexibility index (Phi) is 10.3. The van der Waals surface area contributed by atoms with Gasteiger partial charge in [-0.2, -0.15) is 11.8 Å². The van der Waals surface area contributed by atoms with E-state index >= 15 is 0 Å². The number of rotatable bonds is 5. The fourth-order valence-corrected chi connectivity index (χ4v) is 4.50. The summed E-state index contributed by atoms with van der Waals surface area (Å²) in [6.07, 6.45) is 0.877. The number of nitrogens with zero attached hydrogens (tertiary/aromatic N) is 1. The minimum Gasteiger partial charge on any atom is -0.669 e. The van der Waals surface area contributed by atoms with Crippen LogP contribution < -0.4 is 79.3 Å². The van der Waals surface area contributed by atoms with Crippen LogP contribution in [-0.4, -0.2) is 70.7 Å². The number of carbonyl (C=O) groups is 2. The van der Waals surface area contributed by atoms with Gasteiger partial charge in [-0.15, -0.1) is 0 Å². The van der Waals surface area contributed by atoms with E-state index in [1.807, 2.05) is 0 Å². The number of carboxylic acid groups (broad SMARTS) is 1. The van der Waals surface area contributed by atoms with E-state index in [4.69, 9.17) is 15.1 Å². The molecular formula is C16H21BN2Na2O7S. The normalized spacial score (nSPS) is 21.9. The number of likely N-dealkylation sites (tertiary alicyclic amines) is 1. The van der Waals surface area contributed by atoms with Gasteiger partial charge < -0.3 is 40.0 Å². The van der Waals surface area contributed by atoms with Crippen LogP contribution in [0.3, 0.4) is 0 Å². The summed E-state index contributed by atoms with van der Waals surface area (Å²) in [4.78, 5) is 25.4. The third-order valence-electron chi connectivity index (χ3n) is 4.82. The Morgan fingerprint density at radius 1 is 1.41 bits per heavy atom. The maximum absolute atomic E-state index is 12.3. The molecule has 1 aromatic rings. The topological polar surface area (TPSA) is 145 Å². The molecular weight excluding hydrogens is 421 g/mol. The number of benzene rings is 1. The Balaban J connectivity index is 0.00000210. The molecule has 9 nitrogen and oxygen atoms in total. The summed E-state index contributed by atoms with van der Waals surface area (Å²) in [5, 5.41) is 31.3. The zero-order valence-corrected chi connectivity index (χ0v) is 21.6. The average Bonchev–Trinajstić information content (AvgIpc) is 3.04. The van der Waals surface area contributed by atoms with Gasteiger partial charge in [-0.25, -0.2) is 0 Å². The number of carbonyl (C=O) groups excluding carboxylic acids is 2. The third kappa shape index (κ3) is 6.06. The Hall–Kier alpha value is 0.0549. The van der Waals surface area contributed by atoms with Crippen molar-refractivity contribution in [1.82, 2.24) is 4.90 Å². The van der Waals surface area contributed by atoms with Crippen LogP contribution in [0.4, 0.5) is 0 Å². The van der Waals surface area contributed by atoms with Crippen molar-refractivity contribution in [2.45, 2.75) is 24.0 Å². The summed E-state index contributed by atoms with van der Waals surface area (Å²) >= 11 is 1.06. The molecule has 0 aliphatic carbocycles. The quantitative estimate of drug-likeness (QED) is 0.379. The zero-order valence-electron chi connectivity index (χ0n) is 16.8. The summed E-state index contributed by atoms with van der Waals surface area (Å²) < 4.78 is 10.2. The van der Waals surface area contributed by atoms with Gasteiger partial charge in [0.1, 0.15) is 5.75 Å². The molecule has 3 rings (SSSR count). The van der Waals surface area contributed by atoms with Crippen LogP contribution in [0.2, 0.25) is 0 Å². The fraction of sp³-hybridized carbons (Fsp3) is 0.500. The van der Waals surface area contributed by atoms with Crippen molar-refractivity contribution in [3.63, 3.8) is 0 Å². The fourth-order valence-electron chi connectivity index (χ4n) is 3.35. The van der Waals surface area contributed by atoms with E-state index in [2.05, 4.69) is 0 Å². The number of aromatic carboxylic acids is 1. The van der Waals surface area contributed by atoms with Crippen molar-refractivity contribution in [2.75, 3.05) is 26.0 Å². The first-order chi connectivity index (χ1) is 12.7. The number of carboxylic acids is 1. The molecule has 1 unspecified atom stereocenters. The first kappa shape index (κ1) is 27.1. The number of thioether (sulfide) groups is 1. The molecule has 1 fully saturated rings. The van der Waals surface area contributed by atoms with Crippen molar-refractivity contribution in [2.24, 2.45) is 5.73 Å². The van der Waals surface area contributed by atoms with E-state index in [1.165, 1.54) is 13.2 Å². The number of hydrogen-bond acceptors (Lipinski definition) is 9. The van der Waals surface area contributed by atoms with Gasteiger partial charge >= 0.3 is 65.9 Å². The Labute approximate surface area is 217 Å². The smallest absolute Gasteiger partial charge is 0.669 e. The molecule has 13 heteroatoms. The van der Waals surface area contributed by atoms with Gasteiger partial charge in [-0.05, 0) is 29.6 Å². The molecule has 2 heterocycles. The molecule has 2 atom stereocenters. The molecule has 0 bridgehead atoms. The van der Waals surface area contributed by atoms with Gasteiger partial charge in [0.15, 0.2) is 0 Å². The molecule has 1 saturated heterocycles. The van der Waals surface area contributed by atoms with Gasteiger partial charge in [0.05, 0.1) is 30.1 Å². The van der Waals surface area contributed by atoms with Gasteiger partial charge in [0, 0.05) is 19.1 Å².